The molecule has 210 valence electrons. The molecule has 3 aromatic rings. The summed E-state index contributed by atoms with van der Waals surface area (Å²) in [5, 5.41) is 22.2. The van der Waals surface area contributed by atoms with E-state index in [-0.39, 0.29) is 28.8 Å². The van der Waals surface area contributed by atoms with Gasteiger partial charge in [0.05, 0.1) is 37.5 Å². The average molecular weight is 589 g/mol. The number of thioether (sulfide) groups is 1. The van der Waals surface area contributed by atoms with Gasteiger partial charge in [-0.2, -0.15) is 5.26 Å². The molecule has 41 heavy (non-hydrogen) atoms. The van der Waals surface area contributed by atoms with Gasteiger partial charge in [0.1, 0.15) is 17.3 Å². The molecule has 1 aliphatic carbocycles. The number of carbonyl (C=O) groups excluding carboxylic acids is 2. The molecule has 0 spiro atoms. The van der Waals surface area contributed by atoms with Gasteiger partial charge in [0.2, 0.25) is 11.0 Å². The number of ketones is 1. The molecular weight excluding hydrogens is 560 g/mol. The number of Topliss-reactive ketones (excluding diaryl/α,β-unsaturated/α-hetero) is 1. The topological polar surface area (TPSA) is 143 Å². The van der Waals surface area contributed by atoms with E-state index in [4.69, 9.17) is 15.2 Å². The molecule has 1 aliphatic heterocycles. The van der Waals surface area contributed by atoms with Crippen molar-refractivity contribution >= 4 is 45.6 Å². The third-order valence-corrected chi connectivity index (χ3v) is 9.04. The van der Waals surface area contributed by atoms with Crippen molar-refractivity contribution in [3.63, 3.8) is 0 Å². The number of ether oxygens (including phenoxy) is 2. The van der Waals surface area contributed by atoms with E-state index in [0.29, 0.717) is 57.1 Å². The van der Waals surface area contributed by atoms with Gasteiger partial charge in [-0.05, 0) is 37.5 Å². The highest BCUT2D eigenvalue weighted by Crippen LogP contribution is 2.49. The standard InChI is InChI=1S/C29H28N6O4S2/c1-16-7-4-5-8-20(16)32-24(37)15-40-29-34-33-28(41-29)35-21-9-6-10-22(36)26(21)25(19(14-30)27(35)31)18-12-11-17(38-2)13-23(18)39-3/h4-5,7-8,11-13,25H,6,9-10,15,31H2,1-3H3,(H,32,37). The SMILES string of the molecule is COc1ccc(C2C(C#N)=C(N)N(c3nnc(SCC(=O)Nc4ccccc4C)s3)C3=C2C(=O)CCC3)c(OC)c1. The van der Waals surface area contributed by atoms with Crippen LogP contribution >= 0.6 is 23.1 Å². The third kappa shape index (κ3) is 5.51. The Morgan fingerprint density at radius 1 is 1.22 bits per heavy atom. The smallest absolute Gasteiger partial charge is 0.234 e. The van der Waals surface area contributed by atoms with Crippen molar-refractivity contribution < 1.29 is 19.1 Å². The summed E-state index contributed by atoms with van der Waals surface area (Å²) in [5.41, 5.74) is 10.5. The summed E-state index contributed by atoms with van der Waals surface area (Å²) >= 11 is 2.51. The fraction of sp³-hybridized carbons (Fsp3) is 0.276. The molecular formula is C29H28N6O4S2. The van der Waals surface area contributed by atoms with E-state index in [9.17, 15) is 14.9 Å². The van der Waals surface area contributed by atoms with Crippen molar-refractivity contribution in [1.29, 1.82) is 5.26 Å². The highest BCUT2D eigenvalue weighted by Gasteiger charge is 2.42. The Balaban J connectivity index is 1.46. The number of rotatable bonds is 8. The number of hydrogen-bond donors (Lipinski definition) is 2. The molecule has 1 atom stereocenters. The van der Waals surface area contributed by atoms with Crippen LogP contribution < -0.4 is 25.4 Å². The van der Waals surface area contributed by atoms with Crippen LogP contribution in [0, 0.1) is 18.3 Å². The molecule has 2 heterocycles. The lowest BCUT2D eigenvalue weighted by atomic mass is 9.75. The monoisotopic (exact) mass is 588 g/mol. The number of methoxy groups -OCH3 is 2. The summed E-state index contributed by atoms with van der Waals surface area (Å²) < 4.78 is 11.5. The minimum atomic E-state index is -0.688. The van der Waals surface area contributed by atoms with Crippen LogP contribution in [0.4, 0.5) is 10.8 Å². The minimum absolute atomic E-state index is 0.0497. The first-order valence-electron chi connectivity index (χ1n) is 12.9. The van der Waals surface area contributed by atoms with Gasteiger partial charge in [-0.25, -0.2) is 0 Å². The quantitative estimate of drug-likeness (QED) is 0.349. The molecule has 2 aliphatic rings. The van der Waals surface area contributed by atoms with E-state index in [0.717, 1.165) is 11.3 Å². The van der Waals surface area contributed by atoms with Crippen molar-refractivity contribution in [3.8, 4) is 17.6 Å². The second-order valence-electron chi connectivity index (χ2n) is 9.43. The van der Waals surface area contributed by atoms with Crippen LogP contribution in [0.1, 0.15) is 36.3 Å². The highest BCUT2D eigenvalue weighted by atomic mass is 32.2. The molecule has 1 unspecified atom stereocenters. The van der Waals surface area contributed by atoms with Gasteiger partial charge in [-0.1, -0.05) is 47.4 Å². The zero-order valence-corrected chi connectivity index (χ0v) is 24.4. The maximum Gasteiger partial charge on any atom is 0.234 e. The van der Waals surface area contributed by atoms with Crippen LogP contribution in [0.15, 0.2) is 69.5 Å². The van der Waals surface area contributed by atoms with Crippen LogP contribution in [-0.2, 0) is 9.59 Å². The normalized spacial score (nSPS) is 16.8. The van der Waals surface area contributed by atoms with Gasteiger partial charge in [-0.3, -0.25) is 14.5 Å². The number of allylic oxidation sites excluding steroid dienone is 3. The van der Waals surface area contributed by atoms with Crippen molar-refractivity contribution in [2.24, 2.45) is 5.73 Å². The number of aromatic nitrogens is 2. The third-order valence-electron chi connectivity index (χ3n) is 7.00. The summed E-state index contributed by atoms with van der Waals surface area (Å²) in [4.78, 5) is 27.7. The van der Waals surface area contributed by atoms with Gasteiger partial charge in [0, 0.05) is 35.0 Å². The maximum atomic E-state index is 13.4. The number of aryl methyl sites for hydroxylation is 1. The zero-order chi connectivity index (χ0) is 29.1. The molecule has 1 amide bonds. The van der Waals surface area contributed by atoms with Gasteiger partial charge >= 0.3 is 0 Å². The second-order valence-corrected chi connectivity index (χ2v) is 11.6. The number of nitriles is 1. The molecule has 0 radical (unpaired) electrons. The van der Waals surface area contributed by atoms with Crippen molar-refractivity contribution in [1.82, 2.24) is 10.2 Å². The summed E-state index contributed by atoms with van der Waals surface area (Å²) in [6.45, 7) is 1.93. The number of para-hydroxylation sites is 1. The Bertz CT molecular complexity index is 1620. The van der Waals surface area contributed by atoms with Gasteiger partial charge in [-0.15, -0.1) is 10.2 Å². The summed E-state index contributed by atoms with van der Waals surface area (Å²) in [6, 6.07) is 15.1. The van der Waals surface area contributed by atoms with E-state index in [1.165, 1.54) is 30.2 Å². The summed E-state index contributed by atoms with van der Waals surface area (Å²) in [5.74, 6) is 0.515. The number of hydrogen-bond acceptors (Lipinski definition) is 11. The molecule has 3 N–H and O–H groups in total. The predicted molar refractivity (Wildman–Crippen MR) is 158 cm³/mol. The van der Waals surface area contributed by atoms with Crippen LogP contribution in [0.5, 0.6) is 11.5 Å². The Morgan fingerprint density at radius 2 is 2.02 bits per heavy atom. The summed E-state index contributed by atoms with van der Waals surface area (Å²) in [7, 11) is 3.09. The van der Waals surface area contributed by atoms with E-state index < -0.39 is 5.92 Å². The van der Waals surface area contributed by atoms with Gasteiger partial charge in [0.25, 0.3) is 0 Å². The van der Waals surface area contributed by atoms with Gasteiger partial charge in [0.15, 0.2) is 10.1 Å². The molecule has 2 aromatic carbocycles. The Morgan fingerprint density at radius 3 is 2.76 bits per heavy atom. The lowest BCUT2D eigenvalue weighted by molar-refractivity contribution is -0.116. The molecule has 0 fully saturated rings. The van der Waals surface area contributed by atoms with Crippen molar-refractivity contribution in [2.45, 2.75) is 36.4 Å². The lowest BCUT2D eigenvalue weighted by Crippen LogP contribution is -2.38. The molecule has 5 rings (SSSR count). The first-order chi connectivity index (χ1) is 19.9. The Hall–Kier alpha value is -4.34. The number of amides is 1. The number of nitrogens with one attached hydrogen (secondary N) is 1. The largest absolute Gasteiger partial charge is 0.497 e. The highest BCUT2D eigenvalue weighted by molar-refractivity contribution is 8.01. The number of nitrogens with two attached hydrogens (primary N) is 1. The second kappa shape index (κ2) is 12.0. The zero-order valence-electron chi connectivity index (χ0n) is 22.8. The van der Waals surface area contributed by atoms with Crippen molar-refractivity contribution in [3.05, 3.63) is 76.3 Å². The van der Waals surface area contributed by atoms with Gasteiger partial charge < -0.3 is 20.5 Å². The molecule has 0 bridgehead atoms. The maximum absolute atomic E-state index is 13.4. The fourth-order valence-electron chi connectivity index (χ4n) is 5.05. The minimum Gasteiger partial charge on any atom is -0.497 e. The number of carbonyl (C=O) groups is 2. The molecule has 1 aromatic heterocycles. The fourth-order valence-corrected chi connectivity index (χ4v) is 6.73. The molecule has 0 saturated heterocycles. The van der Waals surface area contributed by atoms with Crippen molar-refractivity contribution in [2.75, 3.05) is 30.2 Å². The number of benzene rings is 2. The lowest BCUT2D eigenvalue weighted by Gasteiger charge is -2.38. The first kappa shape index (κ1) is 28.2. The van der Waals surface area contributed by atoms with E-state index in [1.54, 1.807) is 30.2 Å². The number of anilines is 2. The van der Waals surface area contributed by atoms with Crippen LogP contribution in [0.2, 0.25) is 0 Å². The average Bonchev–Trinajstić information content (AvgIpc) is 3.45. The Kier molecular flexibility index (Phi) is 8.28. The first-order valence-corrected chi connectivity index (χ1v) is 14.7. The molecule has 12 heteroatoms. The van der Waals surface area contributed by atoms with Crippen LogP contribution in [0.25, 0.3) is 0 Å². The molecule has 10 nitrogen and oxygen atoms in total. The van der Waals surface area contributed by atoms with Crippen LogP contribution in [0.3, 0.4) is 0 Å². The predicted octanol–water partition coefficient (Wildman–Crippen LogP) is 4.90. The van der Waals surface area contributed by atoms with E-state index in [2.05, 4.69) is 21.6 Å². The van der Waals surface area contributed by atoms with Crippen LogP contribution in [-0.4, -0.2) is 41.9 Å². The molecule has 0 saturated carbocycles. The Labute approximate surface area is 245 Å². The number of nitrogens with zero attached hydrogens (tertiary/aromatic N) is 4. The summed E-state index contributed by atoms with van der Waals surface area (Å²) in [6.07, 6.45) is 1.60. The van der Waals surface area contributed by atoms with E-state index in [1.807, 2.05) is 31.2 Å². The van der Waals surface area contributed by atoms with E-state index >= 15 is 0 Å².